The Bertz CT molecular complexity index is 1020. The van der Waals surface area contributed by atoms with Crippen molar-refractivity contribution in [2.75, 3.05) is 0 Å². The van der Waals surface area contributed by atoms with Crippen molar-refractivity contribution < 1.29 is 8.81 Å². The summed E-state index contributed by atoms with van der Waals surface area (Å²) in [6.07, 6.45) is 3.35. The summed E-state index contributed by atoms with van der Waals surface area (Å²) in [5.41, 5.74) is 4.21. The van der Waals surface area contributed by atoms with Gasteiger partial charge in [0, 0.05) is 11.6 Å². The molecular formula is C21H14FNO. The molecule has 0 unspecified atom stereocenters. The Morgan fingerprint density at radius 3 is 2.42 bits per heavy atom. The fraction of sp³-hybridized carbons (Fsp3) is 0. The van der Waals surface area contributed by atoms with E-state index in [0.29, 0.717) is 17.0 Å². The number of benzene rings is 3. The summed E-state index contributed by atoms with van der Waals surface area (Å²) < 4.78 is 19.3. The Morgan fingerprint density at radius 1 is 0.792 bits per heavy atom. The molecule has 0 bridgehead atoms. The molecule has 4 rings (SSSR count). The average molecular weight is 315 g/mol. The zero-order chi connectivity index (χ0) is 16.4. The monoisotopic (exact) mass is 315 g/mol. The highest BCUT2D eigenvalue weighted by Gasteiger charge is 2.06. The fourth-order valence-electron chi connectivity index (χ4n) is 2.60. The lowest BCUT2D eigenvalue weighted by molar-refractivity contribution is 0.589. The topological polar surface area (TPSA) is 26.0 Å². The molecule has 24 heavy (non-hydrogen) atoms. The normalized spacial score (nSPS) is 11.4. The minimum absolute atomic E-state index is 0.267. The van der Waals surface area contributed by atoms with Crippen LogP contribution in [-0.2, 0) is 0 Å². The molecule has 3 aromatic carbocycles. The third kappa shape index (κ3) is 2.84. The lowest BCUT2D eigenvalue weighted by Gasteiger charge is -1.99. The number of hydrogen-bond donors (Lipinski definition) is 0. The van der Waals surface area contributed by atoms with Gasteiger partial charge in [-0.1, -0.05) is 54.6 Å². The minimum Gasteiger partial charge on any atom is -0.437 e. The van der Waals surface area contributed by atoms with Gasteiger partial charge in [0.05, 0.1) is 0 Å². The van der Waals surface area contributed by atoms with E-state index in [0.717, 1.165) is 16.6 Å². The van der Waals surface area contributed by atoms with E-state index in [2.05, 4.69) is 17.1 Å². The molecule has 0 radical (unpaired) electrons. The minimum atomic E-state index is -0.267. The van der Waals surface area contributed by atoms with Gasteiger partial charge in [0.2, 0.25) is 5.89 Å². The third-order valence-corrected chi connectivity index (χ3v) is 3.82. The molecule has 4 aromatic rings. The first-order chi connectivity index (χ1) is 11.8. The fourth-order valence-corrected chi connectivity index (χ4v) is 2.60. The Hall–Kier alpha value is -3.20. The van der Waals surface area contributed by atoms with Crippen LogP contribution in [0.2, 0.25) is 0 Å². The Morgan fingerprint density at radius 2 is 1.58 bits per heavy atom. The smallest absolute Gasteiger partial charge is 0.220 e. The number of nitrogens with zero attached hydrogens (tertiary/aromatic N) is 1. The summed E-state index contributed by atoms with van der Waals surface area (Å²) in [4.78, 5) is 4.47. The Balaban J connectivity index is 1.68. The van der Waals surface area contributed by atoms with Gasteiger partial charge in [-0.3, -0.25) is 0 Å². The van der Waals surface area contributed by atoms with Crippen LogP contribution in [0.4, 0.5) is 4.39 Å². The second kappa shape index (κ2) is 6.13. The molecule has 3 heteroatoms. The van der Waals surface area contributed by atoms with Gasteiger partial charge in [-0.05, 0) is 35.4 Å². The highest BCUT2D eigenvalue weighted by molar-refractivity contribution is 5.82. The maximum Gasteiger partial charge on any atom is 0.220 e. The van der Waals surface area contributed by atoms with Gasteiger partial charge in [-0.25, -0.2) is 9.37 Å². The molecule has 0 N–H and O–H groups in total. The van der Waals surface area contributed by atoms with E-state index in [-0.39, 0.29) is 5.82 Å². The van der Waals surface area contributed by atoms with E-state index < -0.39 is 0 Å². The van der Waals surface area contributed by atoms with Gasteiger partial charge in [0.25, 0.3) is 0 Å². The molecule has 0 aliphatic carbocycles. The predicted octanol–water partition coefficient (Wildman–Crippen LogP) is 5.80. The molecule has 0 fully saturated rings. The summed E-state index contributed by atoms with van der Waals surface area (Å²) in [7, 11) is 0. The first-order valence-electron chi connectivity index (χ1n) is 7.68. The number of oxazole rings is 1. The molecule has 0 amide bonds. The Kier molecular flexibility index (Phi) is 3.67. The van der Waals surface area contributed by atoms with Crippen molar-refractivity contribution in [3.05, 3.63) is 90.1 Å². The molecular weight excluding hydrogens is 301 g/mol. The van der Waals surface area contributed by atoms with E-state index >= 15 is 0 Å². The van der Waals surface area contributed by atoms with Gasteiger partial charge in [-0.2, -0.15) is 0 Å². The van der Waals surface area contributed by atoms with Gasteiger partial charge in [0.1, 0.15) is 11.3 Å². The maximum atomic E-state index is 13.6. The van der Waals surface area contributed by atoms with Crippen molar-refractivity contribution >= 4 is 23.3 Å². The van der Waals surface area contributed by atoms with Crippen LogP contribution in [0, 0.1) is 5.82 Å². The molecule has 1 heterocycles. The summed E-state index contributed by atoms with van der Waals surface area (Å²) >= 11 is 0. The van der Waals surface area contributed by atoms with Crippen molar-refractivity contribution in [3.63, 3.8) is 0 Å². The van der Waals surface area contributed by atoms with Crippen molar-refractivity contribution in [2.45, 2.75) is 0 Å². The quantitative estimate of drug-likeness (QED) is 0.477. The molecule has 0 saturated heterocycles. The molecule has 0 atom stereocenters. The zero-order valence-corrected chi connectivity index (χ0v) is 12.8. The van der Waals surface area contributed by atoms with Crippen LogP contribution in [0.1, 0.15) is 11.5 Å². The van der Waals surface area contributed by atoms with E-state index in [9.17, 15) is 4.39 Å². The maximum absolute atomic E-state index is 13.6. The number of hydrogen-bond acceptors (Lipinski definition) is 2. The largest absolute Gasteiger partial charge is 0.437 e. The van der Waals surface area contributed by atoms with E-state index in [1.165, 1.54) is 6.07 Å². The first-order valence-corrected chi connectivity index (χ1v) is 7.68. The lowest BCUT2D eigenvalue weighted by Crippen LogP contribution is -1.79. The van der Waals surface area contributed by atoms with Crippen LogP contribution in [0.3, 0.4) is 0 Å². The van der Waals surface area contributed by atoms with Crippen LogP contribution in [-0.4, -0.2) is 4.98 Å². The van der Waals surface area contributed by atoms with Gasteiger partial charge >= 0.3 is 0 Å². The third-order valence-electron chi connectivity index (χ3n) is 3.82. The van der Waals surface area contributed by atoms with Crippen LogP contribution in [0.15, 0.2) is 77.2 Å². The second-order valence-electron chi connectivity index (χ2n) is 5.46. The number of rotatable bonds is 3. The van der Waals surface area contributed by atoms with Crippen molar-refractivity contribution in [1.82, 2.24) is 4.98 Å². The predicted molar refractivity (Wildman–Crippen MR) is 94.8 cm³/mol. The highest BCUT2D eigenvalue weighted by Crippen LogP contribution is 2.25. The first kappa shape index (κ1) is 14.4. The molecule has 0 aliphatic heterocycles. The molecule has 2 nitrogen and oxygen atoms in total. The lowest BCUT2D eigenvalue weighted by atomic mass is 10.1. The molecule has 0 spiro atoms. The summed E-state index contributed by atoms with van der Waals surface area (Å²) in [6, 6.07) is 22.6. The van der Waals surface area contributed by atoms with E-state index in [4.69, 9.17) is 4.42 Å². The molecule has 116 valence electrons. The summed E-state index contributed by atoms with van der Waals surface area (Å²) in [5, 5.41) is 0. The standard InChI is InChI=1S/C21H14FNO/c22-18-9-5-4-8-16(18)11-13-21-23-19-14-17(10-12-20(19)24-21)15-6-2-1-3-7-15/h1-14H/b13-11+. The van der Waals surface area contributed by atoms with Crippen molar-refractivity contribution in [1.29, 1.82) is 0 Å². The molecule has 0 aliphatic rings. The number of halogens is 1. The van der Waals surface area contributed by atoms with E-state index in [1.807, 2.05) is 36.4 Å². The number of aromatic nitrogens is 1. The zero-order valence-electron chi connectivity index (χ0n) is 12.8. The van der Waals surface area contributed by atoms with E-state index in [1.54, 1.807) is 30.4 Å². The average Bonchev–Trinajstić information content (AvgIpc) is 3.04. The van der Waals surface area contributed by atoms with Gasteiger partial charge in [0.15, 0.2) is 5.58 Å². The van der Waals surface area contributed by atoms with Crippen molar-refractivity contribution in [3.8, 4) is 11.1 Å². The SMILES string of the molecule is Fc1ccccc1/C=C/c1nc2cc(-c3ccccc3)ccc2o1. The summed E-state index contributed by atoms with van der Waals surface area (Å²) in [6.45, 7) is 0. The second-order valence-corrected chi connectivity index (χ2v) is 5.46. The number of fused-ring (bicyclic) bond motifs is 1. The van der Waals surface area contributed by atoms with Gasteiger partial charge < -0.3 is 4.42 Å². The van der Waals surface area contributed by atoms with Crippen LogP contribution in [0.25, 0.3) is 34.4 Å². The Labute approximate surface area is 138 Å². The van der Waals surface area contributed by atoms with Gasteiger partial charge in [-0.15, -0.1) is 0 Å². The van der Waals surface area contributed by atoms with Crippen LogP contribution in [0.5, 0.6) is 0 Å². The van der Waals surface area contributed by atoms with Crippen LogP contribution < -0.4 is 0 Å². The van der Waals surface area contributed by atoms with Crippen molar-refractivity contribution in [2.24, 2.45) is 0 Å². The molecule has 1 aromatic heterocycles. The van der Waals surface area contributed by atoms with Crippen LogP contribution >= 0.6 is 0 Å². The summed E-state index contributed by atoms with van der Waals surface area (Å²) in [5.74, 6) is 0.190. The molecule has 0 saturated carbocycles. The highest BCUT2D eigenvalue weighted by atomic mass is 19.1.